The maximum absolute atomic E-state index is 13.5. The molecule has 156 valence electrons. The first-order chi connectivity index (χ1) is 14.4. The highest BCUT2D eigenvalue weighted by molar-refractivity contribution is 9.10. The first-order valence-electron chi connectivity index (χ1n) is 9.99. The number of nitrogens with zero attached hydrogens (tertiary/aromatic N) is 2. The third-order valence-electron chi connectivity index (χ3n) is 5.67. The van der Waals surface area contributed by atoms with Crippen molar-refractivity contribution in [2.45, 2.75) is 19.9 Å². The van der Waals surface area contributed by atoms with Gasteiger partial charge in [-0.15, -0.1) is 0 Å². The molecule has 3 aromatic rings. The number of amides is 1. The van der Waals surface area contributed by atoms with Crippen LogP contribution >= 0.6 is 27.5 Å². The van der Waals surface area contributed by atoms with Crippen LogP contribution in [0.3, 0.4) is 0 Å². The highest BCUT2D eigenvalue weighted by atomic mass is 79.9. The van der Waals surface area contributed by atoms with Gasteiger partial charge in [0.1, 0.15) is 5.58 Å². The predicted octanol–water partition coefficient (Wildman–Crippen LogP) is 5.10. The summed E-state index contributed by atoms with van der Waals surface area (Å²) < 4.78 is 6.75. The lowest BCUT2D eigenvalue weighted by Crippen LogP contribution is -2.37. The van der Waals surface area contributed by atoms with Crippen LogP contribution in [0.2, 0.25) is 5.02 Å². The van der Waals surface area contributed by atoms with Crippen LogP contribution in [0, 0.1) is 0 Å². The van der Waals surface area contributed by atoms with Gasteiger partial charge < -0.3 is 14.2 Å². The zero-order valence-corrected chi connectivity index (χ0v) is 19.2. The average Bonchev–Trinajstić information content (AvgIpc) is 3.02. The van der Waals surface area contributed by atoms with Crippen molar-refractivity contribution in [2.24, 2.45) is 0 Å². The first-order valence-corrected chi connectivity index (χ1v) is 11.2. The van der Waals surface area contributed by atoms with Gasteiger partial charge in [0, 0.05) is 22.6 Å². The first kappa shape index (κ1) is 21.1. The number of rotatable bonds is 6. The Morgan fingerprint density at radius 1 is 1.10 bits per heavy atom. The Bertz CT molecular complexity index is 1160. The molecule has 0 saturated carbocycles. The summed E-state index contributed by atoms with van der Waals surface area (Å²) in [5, 5.41) is 1.06. The number of benzene rings is 2. The molecule has 30 heavy (non-hydrogen) atoms. The van der Waals surface area contributed by atoms with E-state index in [2.05, 4.69) is 34.7 Å². The van der Waals surface area contributed by atoms with E-state index in [1.54, 1.807) is 35.2 Å². The summed E-state index contributed by atoms with van der Waals surface area (Å²) in [6, 6.07) is 12.0. The molecule has 0 N–H and O–H groups in total. The molecule has 0 fully saturated rings. The second-order valence-electron chi connectivity index (χ2n) is 7.29. The number of carbonyl (C=O) groups excluding carboxylic acids is 1. The molecule has 4 rings (SSSR count). The zero-order valence-electron chi connectivity index (χ0n) is 16.8. The van der Waals surface area contributed by atoms with Gasteiger partial charge in [0.2, 0.25) is 5.76 Å². The SMILES string of the molecule is CCN(CC)CCN1C(=O)c2oc3ccc(Br)cc3c(=O)c2C1c1ccc(Cl)cc1. The van der Waals surface area contributed by atoms with Crippen LogP contribution in [-0.2, 0) is 0 Å². The molecule has 1 atom stereocenters. The second kappa shape index (κ2) is 8.53. The van der Waals surface area contributed by atoms with Gasteiger partial charge in [-0.3, -0.25) is 9.59 Å². The fraction of sp³-hybridized carbons (Fsp3) is 0.304. The monoisotopic (exact) mass is 488 g/mol. The molecule has 0 bridgehead atoms. The molecule has 1 amide bonds. The summed E-state index contributed by atoms with van der Waals surface area (Å²) in [5.74, 6) is -0.117. The van der Waals surface area contributed by atoms with Gasteiger partial charge in [0.25, 0.3) is 5.91 Å². The molecule has 1 aliphatic rings. The normalized spacial score (nSPS) is 16.0. The Balaban J connectivity index is 1.87. The van der Waals surface area contributed by atoms with Crippen LogP contribution in [0.5, 0.6) is 0 Å². The largest absolute Gasteiger partial charge is 0.450 e. The Kier molecular flexibility index (Phi) is 6.00. The predicted molar refractivity (Wildman–Crippen MR) is 122 cm³/mol. The topological polar surface area (TPSA) is 53.8 Å². The van der Waals surface area contributed by atoms with Crippen LogP contribution in [-0.4, -0.2) is 41.9 Å². The molecule has 0 radical (unpaired) electrons. The van der Waals surface area contributed by atoms with Gasteiger partial charge in [0.05, 0.1) is 17.0 Å². The van der Waals surface area contributed by atoms with Crippen LogP contribution in [0.4, 0.5) is 0 Å². The molecule has 0 aliphatic carbocycles. The van der Waals surface area contributed by atoms with Crippen molar-refractivity contribution in [2.75, 3.05) is 26.2 Å². The fourth-order valence-corrected chi connectivity index (χ4v) is 4.49. The van der Waals surface area contributed by atoms with E-state index in [0.29, 0.717) is 28.1 Å². The Hall–Kier alpha value is -2.15. The van der Waals surface area contributed by atoms with Crippen molar-refractivity contribution in [3.05, 3.63) is 79.1 Å². The Labute approximate surface area is 188 Å². The molecule has 1 aromatic heterocycles. The number of fused-ring (bicyclic) bond motifs is 2. The van der Waals surface area contributed by atoms with Gasteiger partial charge in [-0.25, -0.2) is 0 Å². The van der Waals surface area contributed by atoms with E-state index in [0.717, 1.165) is 29.7 Å². The van der Waals surface area contributed by atoms with Crippen LogP contribution in [0.1, 0.15) is 41.6 Å². The van der Waals surface area contributed by atoms with Crippen molar-refractivity contribution >= 4 is 44.4 Å². The number of halogens is 2. The van der Waals surface area contributed by atoms with Crippen molar-refractivity contribution in [1.82, 2.24) is 9.80 Å². The maximum atomic E-state index is 13.5. The van der Waals surface area contributed by atoms with Gasteiger partial charge in [-0.05, 0) is 49.0 Å². The molecular formula is C23H22BrClN2O3. The Morgan fingerprint density at radius 3 is 2.47 bits per heavy atom. The molecule has 0 saturated heterocycles. The summed E-state index contributed by atoms with van der Waals surface area (Å²) in [4.78, 5) is 30.8. The number of hydrogen-bond donors (Lipinski definition) is 0. The van der Waals surface area contributed by atoms with Gasteiger partial charge in [-0.2, -0.15) is 0 Å². The lowest BCUT2D eigenvalue weighted by molar-refractivity contribution is 0.0708. The van der Waals surface area contributed by atoms with Crippen molar-refractivity contribution < 1.29 is 9.21 Å². The van der Waals surface area contributed by atoms with Crippen molar-refractivity contribution in [1.29, 1.82) is 0 Å². The van der Waals surface area contributed by atoms with Crippen molar-refractivity contribution in [3.8, 4) is 0 Å². The molecule has 1 aliphatic heterocycles. The summed E-state index contributed by atoms with van der Waals surface area (Å²) in [7, 11) is 0. The third-order valence-corrected chi connectivity index (χ3v) is 6.41. The number of carbonyl (C=O) groups is 1. The van der Waals surface area contributed by atoms with Crippen molar-refractivity contribution in [3.63, 3.8) is 0 Å². The molecule has 0 spiro atoms. The zero-order chi connectivity index (χ0) is 21.4. The van der Waals surface area contributed by atoms with Crippen LogP contribution in [0.25, 0.3) is 11.0 Å². The molecular weight excluding hydrogens is 468 g/mol. The fourth-order valence-electron chi connectivity index (χ4n) is 4.00. The standard InChI is InChI=1S/C23H22BrClN2O3/c1-3-26(4-2)11-12-27-20(14-5-8-16(25)9-6-14)19-21(28)17-13-15(24)7-10-18(17)30-22(19)23(27)29/h5-10,13,20H,3-4,11-12H2,1-2H3. The van der Waals surface area contributed by atoms with Crippen LogP contribution < -0.4 is 5.43 Å². The highest BCUT2D eigenvalue weighted by Crippen LogP contribution is 2.38. The molecule has 7 heteroatoms. The van der Waals surface area contributed by atoms with Gasteiger partial charge >= 0.3 is 0 Å². The molecule has 2 aromatic carbocycles. The summed E-state index contributed by atoms with van der Waals surface area (Å²) in [6.45, 7) is 7.19. The quantitative estimate of drug-likeness (QED) is 0.484. The molecule has 2 heterocycles. The van der Waals surface area contributed by atoms with E-state index < -0.39 is 6.04 Å². The van der Waals surface area contributed by atoms with E-state index in [1.807, 2.05) is 12.1 Å². The minimum absolute atomic E-state index is 0.134. The van der Waals surface area contributed by atoms with E-state index in [4.69, 9.17) is 16.0 Å². The summed E-state index contributed by atoms with van der Waals surface area (Å²) in [5.41, 5.74) is 1.47. The van der Waals surface area contributed by atoms with Crippen LogP contribution in [0.15, 0.2) is 56.1 Å². The summed E-state index contributed by atoms with van der Waals surface area (Å²) >= 11 is 9.50. The lowest BCUT2D eigenvalue weighted by Gasteiger charge is -2.28. The van der Waals surface area contributed by atoms with E-state index in [-0.39, 0.29) is 17.1 Å². The van der Waals surface area contributed by atoms with E-state index >= 15 is 0 Å². The maximum Gasteiger partial charge on any atom is 0.290 e. The minimum Gasteiger partial charge on any atom is -0.450 e. The van der Waals surface area contributed by atoms with Gasteiger partial charge in [0.15, 0.2) is 5.43 Å². The molecule has 5 nitrogen and oxygen atoms in total. The lowest BCUT2D eigenvalue weighted by atomic mass is 9.98. The second-order valence-corrected chi connectivity index (χ2v) is 8.65. The number of likely N-dealkylation sites (N-methyl/N-ethyl adjacent to an activating group) is 1. The Morgan fingerprint density at radius 2 is 1.80 bits per heavy atom. The van der Waals surface area contributed by atoms with E-state index in [9.17, 15) is 9.59 Å². The summed E-state index contributed by atoms with van der Waals surface area (Å²) in [6.07, 6.45) is 0. The highest BCUT2D eigenvalue weighted by Gasteiger charge is 2.42. The molecule has 1 unspecified atom stereocenters. The minimum atomic E-state index is -0.500. The van der Waals surface area contributed by atoms with E-state index in [1.165, 1.54) is 0 Å². The average molecular weight is 490 g/mol. The smallest absolute Gasteiger partial charge is 0.290 e. The number of hydrogen-bond acceptors (Lipinski definition) is 4. The van der Waals surface area contributed by atoms with Gasteiger partial charge in [-0.1, -0.05) is 53.5 Å². The third kappa shape index (κ3) is 3.68.